The van der Waals surface area contributed by atoms with E-state index in [2.05, 4.69) is 38.1 Å². The second kappa shape index (κ2) is 19.8. The molecule has 0 aromatic heterocycles. The number of benzene rings is 2. The van der Waals surface area contributed by atoms with Crippen LogP contribution in [0.2, 0.25) is 0 Å². The van der Waals surface area contributed by atoms with Gasteiger partial charge in [-0.3, -0.25) is 28.9 Å². The molecule has 1 saturated heterocycles. The molecule has 0 spiro atoms. The Balaban J connectivity index is 1.51. The first-order valence-electron chi connectivity index (χ1n) is 19.5. The molecule has 290 valence electrons. The van der Waals surface area contributed by atoms with E-state index < -0.39 is 47.3 Å². The highest BCUT2D eigenvalue weighted by Crippen LogP contribution is 2.47. The number of rotatable bonds is 20. The van der Waals surface area contributed by atoms with Gasteiger partial charge in [0.1, 0.15) is 18.1 Å². The number of hydrogen-bond acceptors (Lipinski definition) is 7. The van der Waals surface area contributed by atoms with Gasteiger partial charge in [0.15, 0.2) is 5.78 Å². The SMILES string of the molecule is CC(C)C[C@H](NC(=O)[C@H](CCc1ccccc1)NC(=O)CN1CCN(C)CC1)C(=O)N[C@@H](Cc1ccccc1)C(=O)N[C@@H](CC(C)C)C(=O)C1(C)CC1. The largest absolute Gasteiger partial charge is 0.344 e. The number of Topliss-reactive ketones (excluding diaryl/α,β-unsaturated/α-hetero) is 1. The van der Waals surface area contributed by atoms with Gasteiger partial charge in [0.05, 0.1) is 12.6 Å². The normalized spacial score (nSPS) is 18.0. The van der Waals surface area contributed by atoms with E-state index in [1.165, 1.54) is 0 Å². The standard InChI is InChI=1S/C42H62N6O5/c1-29(2)25-34(38(50)42(5)19-20-42)44-41(53)36(27-32-15-11-8-12-16-32)46-40(52)35(26-30(3)4)45-39(51)33(18-17-31-13-9-7-10-14-31)43-37(49)28-48-23-21-47(6)22-24-48/h7-16,29-30,33-36H,17-28H2,1-6H3,(H,43,49)(H,44,53)(H,45,51)(H,46,52)/t33-,34-,35-,36-/m0/s1. The van der Waals surface area contributed by atoms with Crippen LogP contribution in [0, 0.1) is 17.3 Å². The van der Waals surface area contributed by atoms with E-state index in [-0.39, 0.29) is 36.5 Å². The fourth-order valence-corrected chi connectivity index (χ4v) is 6.81. The van der Waals surface area contributed by atoms with Crippen molar-refractivity contribution in [2.75, 3.05) is 39.8 Å². The zero-order chi connectivity index (χ0) is 38.5. The Bertz CT molecular complexity index is 1500. The number of aryl methyl sites for hydroxylation is 1. The van der Waals surface area contributed by atoms with Crippen LogP contribution in [0.15, 0.2) is 60.7 Å². The van der Waals surface area contributed by atoms with Gasteiger partial charge in [-0.15, -0.1) is 0 Å². The fraction of sp³-hybridized carbons (Fsp3) is 0.595. The van der Waals surface area contributed by atoms with E-state index in [0.29, 0.717) is 25.7 Å². The quantitative estimate of drug-likeness (QED) is 0.164. The number of likely N-dealkylation sites (N-methyl/N-ethyl adjacent to an activating group) is 1. The van der Waals surface area contributed by atoms with Gasteiger partial charge < -0.3 is 26.2 Å². The third kappa shape index (κ3) is 13.7. The molecule has 2 aliphatic rings. The maximum Gasteiger partial charge on any atom is 0.243 e. The fourth-order valence-electron chi connectivity index (χ4n) is 6.81. The summed E-state index contributed by atoms with van der Waals surface area (Å²) < 4.78 is 0. The molecule has 2 aromatic carbocycles. The van der Waals surface area contributed by atoms with E-state index in [1.54, 1.807) is 0 Å². The summed E-state index contributed by atoms with van der Waals surface area (Å²) in [6.45, 7) is 13.4. The minimum atomic E-state index is -0.983. The Morgan fingerprint density at radius 3 is 1.70 bits per heavy atom. The molecule has 53 heavy (non-hydrogen) atoms. The molecule has 4 amide bonds. The molecule has 0 radical (unpaired) electrons. The molecule has 0 unspecified atom stereocenters. The van der Waals surface area contributed by atoms with Crippen LogP contribution in [-0.4, -0.2) is 103 Å². The number of piperazine rings is 1. The summed E-state index contributed by atoms with van der Waals surface area (Å²) in [5.41, 5.74) is 1.46. The van der Waals surface area contributed by atoms with Crippen LogP contribution >= 0.6 is 0 Å². The summed E-state index contributed by atoms with van der Waals surface area (Å²) in [5, 5.41) is 11.9. The zero-order valence-corrected chi connectivity index (χ0v) is 32.7. The van der Waals surface area contributed by atoms with E-state index in [0.717, 1.165) is 50.1 Å². The molecule has 1 saturated carbocycles. The van der Waals surface area contributed by atoms with Crippen LogP contribution in [0.5, 0.6) is 0 Å². The molecule has 4 atom stereocenters. The Hall–Kier alpha value is -4.09. The van der Waals surface area contributed by atoms with Gasteiger partial charge in [-0.1, -0.05) is 95.3 Å². The monoisotopic (exact) mass is 730 g/mol. The van der Waals surface area contributed by atoms with Crippen molar-refractivity contribution in [3.63, 3.8) is 0 Å². The van der Waals surface area contributed by atoms with Gasteiger partial charge in [0.2, 0.25) is 23.6 Å². The number of nitrogens with zero attached hydrogens (tertiary/aromatic N) is 2. The van der Waals surface area contributed by atoms with Crippen molar-refractivity contribution in [2.24, 2.45) is 17.3 Å². The lowest BCUT2D eigenvalue weighted by atomic mass is 9.91. The first-order chi connectivity index (χ1) is 25.2. The van der Waals surface area contributed by atoms with E-state index >= 15 is 0 Å². The average Bonchev–Trinajstić information content (AvgIpc) is 3.88. The maximum atomic E-state index is 14.1. The van der Waals surface area contributed by atoms with E-state index in [9.17, 15) is 24.0 Å². The number of carbonyl (C=O) groups is 5. The van der Waals surface area contributed by atoms with Crippen LogP contribution < -0.4 is 21.3 Å². The smallest absolute Gasteiger partial charge is 0.243 e. The van der Waals surface area contributed by atoms with Crippen LogP contribution in [0.3, 0.4) is 0 Å². The van der Waals surface area contributed by atoms with Crippen molar-refractivity contribution in [1.82, 2.24) is 31.1 Å². The molecule has 0 bridgehead atoms. The lowest BCUT2D eigenvalue weighted by Gasteiger charge is -2.32. The number of nitrogens with one attached hydrogen (secondary N) is 4. The summed E-state index contributed by atoms with van der Waals surface area (Å²) in [7, 11) is 2.06. The second-order valence-corrected chi connectivity index (χ2v) is 16.3. The highest BCUT2D eigenvalue weighted by atomic mass is 16.2. The summed E-state index contributed by atoms with van der Waals surface area (Å²) in [4.78, 5) is 73.2. The number of carbonyl (C=O) groups excluding carboxylic acids is 5. The van der Waals surface area contributed by atoms with Crippen molar-refractivity contribution < 1.29 is 24.0 Å². The van der Waals surface area contributed by atoms with Crippen molar-refractivity contribution in [1.29, 1.82) is 0 Å². The highest BCUT2D eigenvalue weighted by molar-refractivity contribution is 5.97. The first kappa shape index (κ1) is 41.7. The molecule has 4 N–H and O–H groups in total. The first-order valence-corrected chi connectivity index (χ1v) is 19.5. The van der Waals surface area contributed by atoms with Crippen LogP contribution in [0.4, 0.5) is 0 Å². The molecule has 1 heterocycles. The van der Waals surface area contributed by atoms with Gasteiger partial charge in [-0.2, -0.15) is 0 Å². The van der Waals surface area contributed by atoms with Crippen LogP contribution in [0.25, 0.3) is 0 Å². The molecule has 11 nitrogen and oxygen atoms in total. The third-order valence-electron chi connectivity index (χ3n) is 10.4. The predicted molar refractivity (Wildman–Crippen MR) is 208 cm³/mol. The minimum Gasteiger partial charge on any atom is -0.344 e. The molecule has 4 rings (SSSR count). The number of amides is 4. The summed E-state index contributed by atoms with van der Waals surface area (Å²) in [6.07, 6.45) is 3.56. The zero-order valence-electron chi connectivity index (χ0n) is 32.7. The van der Waals surface area contributed by atoms with Gasteiger partial charge >= 0.3 is 0 Å². The van der Waals surface area contributed by atoms with Crippen molar-refractivity contribution >= 4 is 29.4 Å². The van der Waals surface area contributed by atoms with Crippen molar-refractivity contribution in [2.45, 2.75) is 104 Å². The Morgan fingerprint density at radius 1 is 0.642 bits per heavy atom. The molecule has 1 aliphatic heterocycles. The lowest BCUT2D eigenvalue weighted by Crippen LogP contribution is -2.59. The second-order valence-electron chi connectivity index (χ2n) is 16.3. The molecular formula is C42H62N6O5. The lowest BCUT2D eigenvalue weighted by molar-refractivity contribution is -0.135. The van der Waals surface area contributed by atoms with Crippen LogP contribution in [0.1, 0.15) is 77.8 Å². The van der Waals surface area contributed by atoms with Crippen molar-refractivity contribution in [3.05, 3.63) is 71.8 Å². The summed E-state index contributed by atoms with van der Waals surface area (Å²) >= 11 is 0. The van der Waals surface area contributed by atoms with Gasteiger partial charge in [0.25, 0.3) is 0 Å². The Morgan fingerprint density at radius 2 is 1.13 bits per heavy atom. The summed E-state index contributed by atoms with van der Waals surface area (Å²) in [6, 6.07) is 15.7. The molecular weight excluding hydrogens is 668 g/mol. The number of ketones is 1. The van der Waals surface area contributed by atoms with Gasteiger partial charge in [-0.05, 0) is 68.5 Å². The third-order valence-corrected chi connectivity index (χ3v) is 10.4. The Kier molecular flexibility index (Phi) is 15.6. The van der Waals surface area contributed by atoms with Gasteiger partial charge in [-0.25, -0.2) is 0 Å². The molecule has 11 heteroatoms. The molecule has 2 fully saturated rings. The highest BCUT2D eigenvalue weighted by Gasteiger charge is 2.48. The predicted octanol–water partition coefficient (Wildman–Crippen LogP) is 3.51. The molecule has 1 aliphatic carbocycles. The average molecular weight is 731 g/mol. The van der Waals surface area contributed by atoms with Crippen LogP contribution in [-0.2, 0) is 36.8 Å². The van der Waals surface area contributed by atoms with E-state index in [1.807, 2.05) is 95.3 Å². The minimum absolute atomic E-state index is 0.0329. The topological polar surface area (TPSA) is 140 Å². The van der Waals surface area contributed by atoms with Gasteiger partial charge in [0, 0.05) is 38.0 Å². The maximum absolute atomic E-state index is 14.1. The van der Waals surface area contributed by atoms with E-state index in [4.69, 9.17) is 0 Å². The number of hydrogen-bond donors (Lipinski definition) is 4. The summed E-state index contributed by atoms with van der Waals surface area (Å²) in [5.74, 6) is -1.36. The van der Waals surface area contributed by atoms with Crippen molar-refractivity contribution in [3.8, 4) is 0 Å². The molecule has 2 aromatic rings. The Labute approximate surface area is 316 Å².